The van der Waals surface area contributed by atoms with Crippen molar-refractivity contribution in [1.82, 2.24) is 14.9 Å². The highest BCUT2D eigenvalue weighted by molar-refractivity contribution is 5.92. The van der Waals surface area contributed by atoms with Gasteiger partial charge in [0.25, 0.3) is 5.91 Å². The summed E-state index contributed by atoms with van der Waals surface area (Å²) in [6.07, 6.45) is 5.02. The van der Waals surface area contributed by atoms with E-state index in [4.69, 9.17) is 5.11 Å². The number of aliphatic hydroxyl groups excluding tert-OH is 1. The number of amides is 1. The van der Waals surface area contributed by atoms with E-state index in [-0.39, 0.29) is 18.6 Å². The van der Waals surface area contributed by atoms with Gasteiger partial charge in [0.2, 0.25) is 0 Å². The molecule has 1 amide bonds. The predicted octanol–water partition coefficient (Wildman–Crippen LogP) is 0.115. The lowest BCUT2D eigenvalue weighted by Crippen LogP contribution is -2.36. The second-order valence-corrected chi connectivity index (χ2v) is 3.99. The molecule has 92 valence electrons. The van der Waals surface area contributed by atoms with E-state index in [0.29, 0.717) is 18.1 Å². The van der Waals surface area contributed by atoms with Crippen molar-refractivity contribution in [2.75, 3.05) is 25.5 Å². The lowest BCUT2D eigenvalue weighted by Gasteiger charge is -2.20. The second kappa shape index (κ2) is 5.09. The molecule has 1 heterocycles. The number of hydrogen-bond acceptors (Lipinski definition) is 5. The van der Waals surface area contributed by atoms with E-state index in [1.165, 1.54) is 6.20 Å². The Morgan fingerprint density at radius 1 is 1.59 bits per heavy atom. The van der Waals surface area contributed by atoms with Crippen LogP contribution < -0.4 is 5.32 Å². The number of carbonyl (C=O) groups is 1. The first-order valence-corrected chi connectivity index (χ1v) is 5.68. The second-order valence-electron chi connectivity index (χ2n) is 3.99. The van der Waals surface area contributed by atoms with Crippen molar-refractivity contribution in [2.45, 2.75) is 18.9 Å². The van der Waals surface area contributed by atoms with Crippen LogP contribution in [0.4, 0.5) is 5.82 Å². The summed E-state index contributed by atoms with van der Waals surface area (Å²) < 4.78 is 0. The molecule has 0 radical (unpaired) electrons. The van der Waals surface area contributed by atoms with Gasteiger partial charge in [-0.15, -0.1) is 0 Å². The summed E-state index contributed by atoms with van der Waals surface area (Å²) in [5, 5.41) is 11.8. The molecule has 1 aromatic heterocycles. The zero-order valence-corrected chi connectivity index (χ0v) is 9.76. The highest BCUT2D eigenvalue weighted by Crippen LogP contribution is 2.27. The van der Waals surface area contributed by atoms with Crippen molar-refractivity contribution in [3.63, 3.8) is 0 Å². The van der Waals surface area contributed by atoms with Crippen molar-refractivity contribution in [1.29, 1.82) is 0 Å². The van der Waals surface area contributed by atoms with Gasteiger partial charge in [0, 0.05) is 19.6 Å². The Hall–Kier alpha value is -1.69. The normalized spacial score (nSPS) is 14.5. The van der Waals surface area contributed by atoms with Crippen LogP contribution in [0.25, 0.3) is 0 Å². The van der Waals surface area contributed by atoms with Crippen LogP contribution in [-0.2, 0) is 0 Å². The first-order valence-electron chi connectivity index (χ1n) is 5.68. The SMILES string of the molecule is CNc1cncc(C(=O)N(CCO)C2CC2)n1. The third-order valence-electron chi connectivity index (χ3n) is 2.70. The molecular formula is C11H16N4O2. The maximum atomic E-state index is 12.2. The van der Waals surface area contributed by atoms with E-state index in [1.54, 1.807) is 18.1 Å². The minimum Gasteiger partial charge on any atom is -0.395 e. The van der Waals surface area contributed by atoms with Gasteiger partial charge in [-0.1, -0.05) is 0 Å². The first-order chi connectivity index (χ1) is 8.26. The van der Waals surface area contributed by atoms with Crippen molar-refractivity contribution >= 4 is 11.7 Å². The third kappa shape index (κ3) is 2.71. The van der Waals surface area contributed by atoms with Crippen LogP contribution in [0, 0.1) is 0 Å². The van der Waals surface area contributed by atoms with Crippen molar-refractivity contribution in [3.05, 3.63) is 18.1 Å². The van der Waals surface area contributed by atoms with Gasteiger partial charge in [-0.25, -0.2) is 4.98 Å². The Bertz CT molecular complexity index is 406. The van der Waals surface area contributed by atoms with Gasteiger partial charge in [0.1, 0.15) is 11.5 Å². The number of nitrogens with zero attached hydrogens (tertiary/aromatic N) is 3. The van der Waals surface area contributed by atoms with Crippen molar-refractivity contribution in [3.8, 4) is 0 Å². The third-order valence-corrected chi connectivity index (χ3v) is 2.70. The Kier molecular flexibility index (Phi) is 3.53. The van der Waals surface area contributed by atoms with Crippen molar-refractivity contribution < 1.29 is 9.90 Å². The molecule has 2 rings (SSSR count). The van der Waals surface area contributed by atoms with Crippen LogP contribution in [-0.4, -0.2) is 52.1 Å². The lowest BCUT2D eigenvalue weighted by atomic mass is 10.3. The summed E-state index contributed by atoms with van der Waals surface area (Å²) in [5.41, 5.74) is 0.317. The number of nitrogens with one attached hydrogen (secondary N) is 1. The summed E-state index contributed by atoms with van der Waals surface area (Å²) >= 11 is 0. The number of carbonyl (C=O) groups excluding carboxylic acids is 1. The topological polar surface area (TPSA) is 78.4 Å². The molecule has 6 heteroatoms. The van der Waals surface area contributed by atoms with Gasteiger partial charge in [-0.05, 0) is 12.8 Å². The number of aliphatic hydroxyl groups is 1. The van der Waals surface area contributed by atoms with Crippen LogP contribution in [0.15, 0.2) is 12.4 Å². The number of hydrogen-bond donors (Lipinski definition) is 2. The van der Waals surface area contributed by atoms with Gasteiger partial charge in [0.05, 0.1) is 19.0 Å². The minimum atomic E-state index is -0.161. The average Bonchev–Trinajstić information content (AvgIpc) is 3.19. The van der Waals surface area contributed by atoms with Gasteiger partial charge >= 0.3 is 0 Å². The quantitative estimate of drug-likeness (QED) is 0.759. The molecule has 2 N–H and O–H groups in total. The molecule has 1 aliphatic carbocycles. The standard InChI is InChI=1S/C11H16N4O2/c1-12-10-7-13-6-9(14-10)11(17)15(4-5-16)8-2-3-8/h6-8,16H,2-5H2,1H3,(H,12,14). The van der Waals surface area contributed by atoms with Gasteiger partial charge in [-0.3, -0.25) is 9.78 Å². The molecule has 6 nitrogen and oxygen atoms in total. The van der Waals surface area contributed by atoms with Crippen LogP contribution in [0.1, 0.15) is 23.3 Å². The summed E-state index contributed by atoms with van der Waals surface area (Å²) in [5.74, 6) is 0.404. The van der Waals surface area contributed by atoms with E-state index >= 15 is 0 Å². The predicted molar refractivity (Wildman–Crippen MR) is 62.7 cm³/mol. The van der Waals surface area contributed by atoms with Gasteiger partial charge < -0.3 is 15.3 Å². The minimum absolute atomic E-state index is 0.0264. The lowest BCUT2D eigenvalue weighted by molar-refractivity contribution is 0.0701. The van der Waals surface area contributed by atoms with E-state index in [0.717, 1.165) is 12.8 Å². The number of rotatable bonds is 5. The molecule has 1 aromatic rings. The Balaban J connectivity index is 2.15. The van der Waals surface area contributed by atoms with E-state index < -0.39 is 0 Å². The molecule has 0 bridgehead atoms. The number of anilines is 1. The molecular weight excluding hydrogens is 220 g/mol. The maximum absolute atomic E-state index is 12.2. The first kappa shape index (κ1) is 11.8. The smallest absolute Gasteiger partial charge is 0.274 e. The van der Waals surface area contributed by atoms with Gasteiger partial charge in [0.15, 0.2) is 0 Å². The molecule has 1 fully saturated rings. The monoisotopic (exact) mass is 236 g/mol. The van der Waals surface area contributed by atoms with Crippen LogP contribution >= 0.6 is 0 Å². The molecule has 0 spiro atoms. The summed E-state index contributed by atoms with van der Waals surface area (Å²) in [6, 6.07) is 0.259. The fourth-order valence-corrected chi connectivity index (χ4v) is 1.68. The Morgan fingerprint density at radius 3 is 2.94 bits per heavy atom. The van der Waals surface area contributed by atoms with Crippen molar-refractivity contribution in [2.24, 2.45) is 0 Å². The molecule has 0 saturated heterocycles. The Morgan fingerprint density at radius 2 is 2.35 bits per heavy atom. The summed E-state index contributed by atoms with van der Waals surface area (Å²) in [6.45, 7) is 0.330. The largest absolute Gasteiger partial charge is 0.395 e. The van der Waals surface area contributed by atoms with Crippen LogP contribution in [0.2, 0.25) is 0 Å². The maximum Gasteiger partial charge on any atom is 0.274 e. The highest BCUT2D eigenvalue weighted by atomic mass is 16.3. The highest BCUT2D eigenvalue weighted by Gasteiger charge is 2.33. The molecule has 0 aliphatic heterocycles. The fourth-order valence-electron chi connectivity index (χ4n) is 1.68. The molecule has 1 aliphatic rings. The van der Waals surface area contributed by atoms with Crippen LogP contribution in [0.5, 0.6) is 0 Å². The Labute approximate surface area is 99.7 Å². The van der Waals surface area contributed by atoms with E-state index in [2.05, 4.69) is 15.3 Å². The molecule has 0 aromatic carbocycles. The molecule has 0 unspecified atom stereocenters. The van der Waals surface area contributed by atoms with Gasteiger partial charge in [-0.2, -0.15) is 0 Å². The molecule has 0 atom stereocenters. The average molecular weight is 236 g/mol. The zero-order valence-electron chi connectivity index (χ0n) is 9.76. The summed E-state index contributed by atoms with van der Waals surface area (Å²) in [4.78, 5) is 22.0. The molecule has 17 heavy (non-hydrogen) atoms. The number of aromatic nitrogens is 2. The van der Waals surface area contributed by atoms with E-state index in [9.17, 15) is 4.79 Å². The van der Waals surface area contributed by atoms with Crippen LogP contribution in [0.3, 0.4) is 0 Å². The van der Waals surface area contributed by atoms with E-state index in [1.807, 2.05) is 0 Å². The zero-order chi connectivity index (χ0) is 12.3. The fraction of sp³-hybridized carbons (Fsp3) is 0.545. The molecule has 1 saturated carbocycles. The summed E-state index contributed by atoms with van der Waals surface area (Å²) in [7, 11) is 1.73.